The number of carbonyl (C=O) groups is 7. The fourth-order valence-electron chi connectivity index (χ4n) is 6.29. The maximum Gasteiger partial charge on any atom is 0.410 e. The van der Waals surface area contributed by atoms with E-state index in [9.17, 15) is 33.6 Å². The number of carbonyl (C=O) groups excluding carboxylic acids is 7. The van der Waals surface area contributed by atoms with Crippen LogP contribution in [0.15, 0.2) is 48.5 Å². The average Bonchev–Trinajstić information content (AvgIpc) is 3.78. The minimum absolute atomic E-state index is 0.101. The van der Waals surface area contributed by atoms with Gasteiger partial charge < -0.3 is 35.6 Å². The Balaban J connectivity index is 1.44. The Morgan fingerprint density at radius 2 is 1.08 bits per heavy atom. The lowest BCUT2D eigenvalue weighted by atomic mass is 10.0. The van der Waals surface area contributed by atoms with Gasteiger partial charge >= 0.3 is 12.1 Å². The second-order valence-electron chi connectivity index (χ2n) is 15.2. The van der Waals surface area contributed by atoms with E-state index in [2.05, 4.69) is 21.3 Å². The quantitative estimate of drug-likeness (QED) is 0.263. The minimum atomic E-state index is -1.48. The second-order valence-corrected chi connectivity index (χ2v) is 15.2. The van der Waals surface area contributed by atoms with Gasteiger partial charge in [0, 0.05) is 13.1 Å². The monoisotopic (exact) mass is 734 g/mol. The molecule has 4 N–H and O–H groups in total. The molecule has 4 rings (SSSR count). The number of para-hydroxylation sites is 2. The van der Waals surface area contributed by atoms with Crippen LogP contribution in [0.5, 0.6) is 0 Å². The molecule has 2 atom stereocenters. The van der Waals surface area contributed by atoms with E-state index in [1.54, 1.807) is 57.2 Å². The Morgan fingerprint density at radius 3 is 1.55 bits per heavy atom. The van der Waals surface area contributed by atoms with Crippen LogP contribution in [0.3, 0.4) is 0 Å². The van der Waals surface area contributed by atoms with E-state index in [1.165, 1.54) is 56.7 Å². The predicted octanol–water partition coefficient (Wildman–Crippen LogP) is 3.84. The summed E-state index contributed by atoms with van der Waals surface area (Å²) in [5.41, 5.74) is -2.95. The van der Waals surface area contributed by atoms with Gasteiger partial charge in [0.05, 0.1) is 29.6 Å². The van der Waals surface area contributed by atoms with Gasteiger partial charge in [0.2, 0.25) is 17.7 Å². The van der Waals surface area contributed by atoms with Crippen LogP contribution in [0, 0.1) is 0 Å². The lowest BCUT2D eigenvalue weighted by molar-refractivity contribution is -0.146. The molecule has 15 heteroatoms. The van der Waals surface area contributed by atoms with Gasteiger partial charge in [-0.2, -0.15) is 0 Å². The maximum absolute atomic E-state index is 14.0. The van der Waals surface area contributed by atoms with E-state index < -0.39 is 70.4 Å². The molecular formula is C38H50N6O9. The molecule has 2 aromatic carbocycles. The molecule has 2 saturated heterocycles. The molecule has 2 aliphatic rings. The molecule has 53 heavy (non-hydrogen) atoms. The predicted molar refractivity (Wildman–Crippen MR) is 196 cm³/mol. The summed E-state index contributed by atoms with van der Waals surface area (Å²) in [6, 6.07) is 11.0. The third-order valence-electron chi connectivity index (χ3n) is 8.94. The van der Waals surface area contributed by atoms with Crippen LogP contribution in [-0.4, -0.2) is 100 Å². The van der Waals surface area contributed by atoms with Crippen LogP contribution in [0.1, 0.15) is 94.9 Å². The lowest BCUT2D eigenvalue weighted by Gasteiger charge is -2.33. The molecule has 0 bridgehead atoms. The van der Waals surface area contributed by atoms with Crippen molar-refractivity contribution in [3.8, 4) is 0 Å². The Kier molecular flexibility index (Phi) is 12.2. The van der Waals surface area contributed by atoms with Gasteiger partial charge in [0.15, 0.2) is 0 Å². The van der Waals surface area contributed by atoms with Gasteiger partial charge in [-0.1, -0.05) is 24.3 Å². The topological polar surface area (TPSA) is 193 Å². The van der Waals surface area contributed by atoms with Gasteiger partial charge in [-0.15, -0.1) is 0 Å². The summed E-state index contributed by atoms with van der Waals surface area (Å²) in [5.74, 6) is -3.39. The third kappa shape index (κ3) is 9.70. The first kappa shape index (κ1) is 40.3. The van der Waals surface area contributed by atoms with Crippen molar-refractivity contribution in [2.24, 2.45) is 0 Å². The first-order valence-electron chi connectivity index (χ1n) is 17.6. The summed E-state index contributed by atoms with van der Waals surface area (Å²) in [6.07, 6.45) is 1.33. The molecule has 0 radical (unpaired) electrons. The zero-order valence-corrected chi connectivity index (χ0v) is 31.6. The number of nitrogens with one attached hydrogen (secondary N) is 4. The number of amides is 6. The molecule has 2 aromatic rings. The highest BCUT2D eigenvalue weighted by Crippen LogP contribution is 2.27. The van der Waals surface area contributed by atoms with Crippen molar-refractivity contribution in [1.29, 1.82) is 0 Å². The SMILES string of the molecule is COC(=O)C(C)(C)NC(=O)c1ccccc1NC(=O)[C@@H]1CCCN1C(=O)C(C)(C)NC(=O)c1ccccc1NC(=O)[C@@H]1CCCN1C(=O)OC(C)(C)C. The number of anilines is 2. The summed E-state index contributed by atoms with van der Waals surface area (Å²) in [7, 11) is 1.21. The highest BCUT2D eigenvalue weighted by Gasteiger charge is 2.42. The number of hydrogen-bond acceptors (Lipinski definition) is 9. The molecule has 0 saturated carbocycles. The molecule has 0 aliphatic carbocycles. The van der Waals surface area contributed by atoms with Crippen molar-refractivity contribution in [1.82, 2.24) is 20.4 Å². The van der Waals surface area contributed by atoms with Gasteiger partial charge in [-0.25, -0.2) is 9.59 Å². The molecule has 0 aromatic heterocycles. The van der Waals surface area contributed by atoms with Crippen LogP contribution in [0.2, 0.25) is 0 Å². The van der Waals surface area contributed by atoms with E-state index in [0.717, 1.165) is 0 Å². The maximum atomic E-state index is 14.0. The molecule has 2 heterocycles. The Hall–Kier alpha value is -5.47. The first-order chi connectivity index (χ1) is 24.8. The van der Waals surface area contributed by atoms with Crippen LogP contribution < -0.4 is 21.3 Å². The number of benzene rings is 2. The molecular weight excluding hydrogens is 684 g/mol. The lowest BCUT2D eigenvalue weighted by Crippen LogP contribution is -2.58. The largest absolute Gasteiger partial charge is 0.467 e. The number of nitrogens with zero attached hydrogens (tertiary/aromatic N) is 2. The summed E-state index contributed by atoms with van der Waals surface area (Å²) in [4.78, 5) is 95.5. The van der Waals surface area contributed by atoms with E-state index >= 15 is 0 Å². The molecule has 6 amide bonds. The number of ether oxygens (including phenoxy) is 2. The van der Waals surface area contributed by atoms with Gasteiger partial charge in [0.1, 0.15) is 28.8 Å². The second kappa shape index (κ2) is 16.0. The average molecular weight is 735 g/mol. The minimum Gasteiger partial charge on any atom is -0.467 e. The number of esters is 1. The smallest absolute Gasteiger partial charge is 0.410 e. The number of methoxy groups -OCH3 is 1. The summed E-state index contributed by atoms with van der Waals surface area (Å²) < 4.78 is 10.2. The van der Waals surface area contributed by atoms with Crippen molar-refractivity contribution in [3.63, 3.8) is 0 Å². The number of rotatable bonds is 10. The normalized spacial score (nSPS) is 17.4. The van der Waals surface area contributed by atoms with Crippen molar-refractivity contribution in [2.45, 2.75) is 103 Å². The standard InChI is InChI=1S/C38H50N6O9/c1-36(2,3)53-35(51)44-22-14-20-28(44)32(48)40-25-17-11-9-15-23(25)29(45)41-37(4,5)33(49)43-21-13-19-27(43)31(47)39-26-18-12-10-16-24(26)30(46)42-38(6,7)34(50)52-8/h9-12,15-18,27-28H,13-14,19-22H2,1-8H3,(H,39,47)(H,40,48)(H,41,45)(H,42,46)/t27-,28-/m0/s1. The van der Waals surface area contributed by atoms with E-state index in [1.807, 2.05) is 0 Å². The van der Waals surface area contributed by atoms with E-state index in [-0.39, 0.29) is 29.0 Å². The third-order valence-corrected chi connectivity index (χ3v) is 8.94. The summed E-state index contributed by atoms with van der Waals surface area (Å²) in [6.45, 7) is 11.9. The number of likely N-dealkylation sites (tertiary alicyclic amines) is 2. The summed E-state index contributed by atoms with van der Waals surface area (Å²) >= 11 is 0. The Morgan fingerprint density at radius 1 is 0.642 bits per heavy atom. The fraction of sp³-hybridized carbons (Fsp3) is 0.500. The molecule has 15 nitrogen and oxygen atoms in total. The fourth-order valence-corrected chi connectivity index (χ4v) is 6.29. The molecule has 0 unspecified atom stereocenters. The highest BCUT2D eigenvalue weighted by molar-refractivity contribution is 6.09. The van der Waals surface area contributed by atoms with E-state index in [0.29, 0.717) is 32.2 Å². The Labute approximate surface area is 309 Å². The van der Waals surface area contributed by atoms with E-state index in [4.69, 9.17) is 9.47 Å². The molecule has 286 valence electrons. The summed E-state index contributed by atoms with van der Waals surface area (Å²) in [5, 5.41) is 10.9. The van der Waals surface area contributed by atoms with Crippen molar-refractivity contribution >= 4 is 53.0 Å². The zero-order chi connectivity index (χ0) is 39.3. The first-order valence-corrected chi connectivity index (χ1v) is 17.6. The van der Waals surface area contributed by atoms with Gasteiger partial charge in [-0.3, -0.25) is 28.9 Å². The van der Waals surface area contributed by atoms with Crippen molar-refractivity contribution in [3.05, 3.63) is 59.7 Å². The van der Waals surface area contributed by atoms with Crippen molar-refractivity contribution < 1.29 is 43.0 Å². The van der Waals surface area contributed by atoms with Gasteiger partial charge in [0.25, 0.3) is 11.8 Å². The Bertz CT molecular complexity index is 1770. The molecule has 2 aliphatic heterocycles. The van der Waals surface area contributed by atoms with Crippen LogP contribution in [0.25, 0.3) is 0 Å². The van der Waals surface area contributed by atoms with Crippen molar-refractivity contribution in [2.75, 3.05) is 30.8 Å². The van der Waals surface area contributed by atoms with Crippen LogP contribution in [0.4, 0.5) is 16.2 Å². The highest BCUT2D eigenvalue weighted by atomic mass is 16.6. The molecule has 0 spiro atoms. The number of hydrogen-bond donors (Lipinski definition) is 4. The van der Waals surface area contributed by atoms with Gasteiger partial charge in [-0.05, 0) is 98.4 Å². The van der Waals surface area contributed by atoms with Crippen LogP contribution in [-0.2, 0) is 28.7 Å². The van der Waals surface area contributed by atoms with Crippen LogP contribution >= 0.6 is 0 Å². The molecule has 2 fully saturated rings. The zero-order valence-electron chi connectivity index (χ0n) is 31.6.